The van der Waals surface area contributed by atoms with Gasteiger partial charge in [0.15, 0.2) is 0 Å². The lowest BCUT2D eigenvalue weighted by atomic mass is 10.0. The standard InChI is InChI=1S/C16H17FN2O2/c1-10-14(16(21)19-6-2-3-13(20)9-19)7-11-4-5-12(17)8-15(11)18-10/h4-5,7-8,13,20H,2-3,6,9H2,1H3. The Kier molecular flexibility index (Phi) is 3.59. The SMILES string of the molecule is Cc1nc2cc(F)ccc2cc1C(=O)N1CCCC(O)C1. The van der Waals surface area contributed by atoms with Crippen LogP contribution in [0.25, 0.3) is 10.9 Å². The van der Waals surface area contributed by atoms with E-state index in [0.717, 1.165) is 18.2 Å². The minimum Gasteiger partial charge on any atom is -0.391 e. The first-order valence-corrected chi connectivity index (χ1v) is 7.09. The van der Waals surface area contributed by atoms with Crippen LogP contribution in [-0.4, -0.2) is 40.1 Å². The van der Waals surface area contributed by atoms with E-state index in [4.69, 9.17) is 0 Å². The van der Waals surface area contributed by atoms with Crippen LogP contribution in [-0.2, 0) is 0 Å². The lowest BCUT2D eigenvalue weighted by Crippen LogP contribution is -2.42. The van der Waals surface area contributed by atoms with Crippen LogP contribution in [0.4, 0.5) is 4.39 Å². The van der Waals surface area contributed by atoms with Crippen molar-refractivity contribution < 1.29 is 14.3 Å². The van der Waals surface area contributed by atoms with Crippen molar-refractivity contribution in [2.24, 2.45) is 0 Å². The molecule has 1 unspecified atom stereocenters. The molecule has 3 rings (SSSR count). The predicted octanol–water partition coefficient (Wildman–Crippen LogP) is 2.28. The van der Waals surface area contributed by atoms with Crippen molar-refractivity contribution in [3.8, 4) is 0 Å². The number of hydrogen-bond acceptors (Lipinski definition) is 3. The van der Waals surface area contributed by atoms with Crippen molar-refractivity contribution in [1.82, 2.24) is 9.88 Å². The number of pyridine rings is 1. The van der Waals surface area contributed by atoms with E-state index >= 15 is 0 Å². The molecular formula is C16H17FN2O2. The lowest BCUT2D eigenvalue weighted by Gasteiger charge is -2.30. The van der Waals surface area contributed by atoms with Gasteiger partial charge < -0.3 is 10.0 Å². The third-order valence-corrected chi connectivity index (χ3v) is 3.88. The number of β-amino-alcohol motifs (C(OH)–C–C–N with tert-alkyl or cyclic N) is 1. The fourth-order valence-corrected chi connectivity index (χ4v) is 2.76. The fourth-order valence-electron chi connectivity index (χ4n) is 2.76. The Morgan fingerprint density at radius 2 is 2.24 bits per heavy atom. The number of aromatic nitrogens is 1. The van der Waals surface area contributed by atoms with Crippen molar-refractivity contribution >= 4 is 16.8 Å². The maximum atomic E-state index is 13.2. The van der Waals surface area contributed by atoms with Gasteiger partial charge in [0.05, 0.1) is 22.9 Å². The van der Waals surface area contributed by atoms with Crippen LogP contribution < -0.4 is 0 Å². The van der Waals surface area contributed by atoms with Gasteiger partial charge in [-0.05, 0) is 38.0 Å². The highest BCUT2D eigenvalue weighted by Crippen LogP contribution is 2.20. The summed E-state index contributed by atoms with van der Waals surface area (Å²) in [4.78, 5) is 18.6. The molecule has 0 bridgehead atoms. The third kappa shape index (κ3) is 2.74. The van der Waals surface area contributed by atoms with Crippen LogP contribution in [0.3, 0.4) is 0 Å². The second kappa shape index (κ2) is 5.41. The van der Waals surface area contributed by atoms with E-state index in [0.29, 0.717) is 29.9 Å². The molecule has 2 aromatic rings. The van der Waals surface area contributed by atoms with E-state index in [-0.39, 0.29) is 11.7 Å². The zero-order chi connectivity index (χ0) is 15.0. The Morgan fingerprint density at radius 1 is 1.43 bits per heavy atom. The van der Waals surface area contributed by atoms with Gasteiger partial charge in [0, 0.05) is 24.5 Å². The largest absolute Gasteiger partial charge is 0.391 e. The molecule has 0 saturated carbocycles. The first-order valence-electron chi connectivity index (χ1n) is 7.09. The molecule has 1 N–H and O–H groups in total. The molecule has 1 fully saturated rings. The Morgan fingerprint density at radius 3 is 3.00 bits per heavy atom. The molecule has 110 valence electrons. The molecule has 0 aliphatic carbocycles. The number of nitrogens with zero attached hydrogens (tertiary/aromatic N) is 2. The zero-order valence-corrected chi connectivity index (χ0v) is 11.8. The van der Waals surface area contributed by atoms with Crippen molar-refractivity contribution in [2.45, 2.75) is 25.9 Å². The maximum absolute atomic E-state index is 13.2. The minimum absolute atomic E-state index is 0.120. The molecule has 2 heterocycles. The van der Waals surface area contributed by atoms with Gasteiger partial charge in [-0.3, -0.25) is 9.78 Å². The van der Waals surface area contributed by atoms with Crippen molar-refractivity contribution in [3.05, 3.63) is 41.3 Å². The number of halogens is 1. The number of rotatable bonds is 1. The highest BCUT2D eigenvalue weighted by atomic mass is 19.1. The highest BCUT2D eigenvalue weighted by molar-refractivity contribution is 5.98. The predicted molar refractivity (Wildman–Crippen MR) is 77.6 cm³/mol. The summed E-state index contributed by atoms with van der Waals surface area (Å²) in [7, 11) is 0. The molecule has 1 atom stereocenters. The zero-order valence-electron chi connectivity index (χ0n) is 11.8. The Hall–Kier alpha value is -2.01. The summed E-state index contributed by atoms with van der Waals surface area (Å²) in [5.74, 6) is -0.461. The number of aliphatic hydroxyl groups excluding tert-OH is 1. The summed E-state index contributed by atoms with van der Waals surface area (Å²) < 4.78 is 13.2. The van der Waals surface area contributed by atoms with Crippen LogP contribution >= 0.6 is 0 Å². The van der Waals surface area contributed by atoms with Crippen molar-refractivity contribution in [1.29, 1.82) is 0 Å². The van der Waals surface area contributed by atoms with Gasteiger partial charge in [-0.1, -0.05) is 0 Å². The molecule has 0 radical (unpaired) electrons. The number of carbonyl (C=O) groups excluding carboxylic acids is 1. The van der Waals surface area contributed by atoms with Crippen LogP contribution in [0.2, 0.25) is 0 Å². The Labute approximate surface area is 122 Å². The van der Waals surface area contributed by atoms with Crippen LogP contribution in [0, 0.1) is 12.7 Å². The number of piperidine rings is 1. The number of carbonyl (C=O) groups is 1. The average molecular weight is 288 g/mol. The second-order valence-electron chi connectivity index (χ2n) is 5.51. The quantitative estimate of drug-likeness (QED) is 0.876. The number of hydrogen-bond donors (Lipinski definition) is 1. The summed E-state index contributed by atoms with van der Waals surface area (Å²) >= 11 is 0. The molecule has 1 aliphatic heterocycles. The van der Waals surface area contributed by atoms with Crippen LogP contribution in [0.5, 0.6) is 0 Å². The van der Waals surface area contributed by atoms with Gasteiger partial charge >= 0.3 is 0 Å². The summed E-state index contributed by atoms with van der Waals surface area (Å²) in [5.41, 5.74) is 1.64. The van der Waals surface area contributed by atoms with Crippen LogP contribution in [0.1, 0.15) is 28.9 Å². The summed E-state index contributed by atoms with van der Waals surface area (Å²) in [6.07, 6.45) is 1.08. The van der Waals surface area contributed by atoms with Gasteiger partial charge in [-0.15, -0.1) is 0 Å². The van der Waals surface area contributed by atoms with E-state index in [9.17, 15) is 14.3 Å². The summed E-state index contributed by atoms with van der Waals surface area (Å²) in [6, 6.07) is 6.10. The normalized spacial score (nSPS) is 19.0. The van der Waals surface area contributed by atoms with Gasteiger partial charge in [0.1, 0.15) is 5.82 Å². The smallest absolute Gasteiger partial charge is 0.255 e. The molecule has 1 aromatic carbocycles. The second-order valence-corrected chi connectivity index (χ2v) is 5.51. The van der Waals surface area contributed by atoms with Gasteiger partial charge in [-0.25, -0.2) is 4.39 Å². The number of aryl methyl sites for hydroxylation is 1. The third-order valence-electron chi connectivity index (χ3n) is 3.88. The van der Waals surface area contributed by atoms with Crippen molar-refractivity contribution in [2.75, 3.05) is 13.1 Å². The Balaban J connectivity index is 1.97. The highest BCUT2D eigenvalue weighted by Gasteiger charge is 2.24. The van der Waals surface area contributed by atoms with E-state index < -0.39 is 6.10 Å². The number of amides is 1. The van der Waals surface area contributed by atoms with E-state index in [1.165, 1.54) is 12.1 Å². The number of aliphatic hydroxyl groups is 1. The number of likely N-dealkylation sites (tertiary alicyclic amines) is 1. The maximum Gasteiger partial charge on any atom is 0.255 e. The van der Waals surface area contributed by atoms with Gasteiger partial charge in [0.25, 0.3) is 5.91 Å². The minimum atomic E-state index is -0.453. The van der Waals surface area contributed by atoms with E-state index in [2.05, 4.69) is 4.98 Å². The monoisotopic (exact) mass is 288 g/mol. The van der Waals surface area contributed by atoms with E-state index in [1.54, 1.807) is 24.0 Å². The molecular weight excluding hydrogens is 271 g/mol. The van der Waals surface area contributed by atoms with Crippen LogP contribution in [0.15, 0.2) is 24.3 Å². The van der Waals surface area contributed by atoms with Gasteiger partial charge in [-0.2, -0.15) is 0 Å². The average Bonchev–Trinajstić information content (AvgIpc) is 2.45. The first kappa shape index (κ1) is 13.9. The molecule has 1 aliphatic rings. The molecule has 4 nitrogen and oxygen atoms in total. The lowest BCUT2D eigenvalue weighted by molar-refractivity contribution is 0.0473. The molecule has 1 saturated heterocycles. The Bertz CT molecular complexity index is 702. The number of fused-ring (bicyclic) bond motifs is 1. The molecule has 21 heavy (non-hydrogen) atoms. The molecule has 1 amide bonds. The molecule has 0 spiro atoms. The van der Waals surface area contributed by atoms with Crippen molar-refractivity contribution in [3.63, 3.8) is 0 Å². The van der Waals surface area contributed by atoms with E-state index in [1.807, 2.05) is 0 Å². The number of benzene rings is 1. The summed E-state index contributed by atoms with van der Waals surface area (Å²) in [6.45, 7) is 2.76. The first-order chi connectivity index (χ1) is 10.0. The summed E-state index contributed by atoms with van der Waals surface area (Å²) in [5, 5.41) is 10.4. The fraction of sp³-hybridized carbons (Fsp3) is 0.375. The molecule has 5 heteroatoms. The molecule has 1 aromatic heterocycles. The topological polar surface area (TPSA) is 53.4 Å². The van der Waals surface area contributed by atoms with Gasteiger partial charge in [0.2, 0.25) is 0 Å².